The fraction of sp³-hybridized carbons (Fsp3) is 0.556. The van der Waals surface area contributed by atoms with Crippen LogP contribution in [0.2, 0.25) is 0 Å². The second-order valence-corrected chi connectivity index (χ2v) is 6.92. The molecule has 1 fully saturated rings. The third kappa shape index (κ3) is 6.03. The zero-order valence-corrected chi connectivity index (χ0v) is 15.0. The van der Waals surface area contributed by atoms with E-state index >= 15 is 0 Å². The van der Waals surface area contributed by atoms with Crippen LogP contribution in [0.5, 0.6) is 0 Å². The summed E-state index contributed by atoms with van der Waals surface area (Å²) in [6.07, 6.45) is -1.63. The molecular formula is C18H25NO6. The molecule has 1 N–H and O–H groups in total. The van der Waals surface area contributed by atoms with Gasteiger partial charge in [0.05, 0.1) is 25.4 Å². The zero-order valence-electron chi connectivity index (χ0n) is 15.0. The lowest BCUT2D eigenvalue weighted by molar-refractivity contribution is -0.161. The van der Waals surface area contributed by atoms with Crippen LogP contribution in [0.4, 0.5) is 4.79 Å². The highest BCUT2D eigenvalue weighted by Crippen LogP contribution is 2.26. The highest BCUT2D eigenvalue weighted by Gasteiger charge is 2.42. The summed E-state index contributed by atoms with van der Waals surface area (Å²) in [7, 11) is 0. The van der Waals surface area contributed by atoms with E-state index in [2.05, 4.69) is 0 Å². The van der Waals surface area contributed by atoms with E-state index in [0.29, 0.717) is 13.2 Å². The first-order chi connectivity index (χ1) is 11.8. The normalized spacial score (nSPS) is 23.1. The Bertz CT molecular complexity index is 583. The maximum atomic E-state index is 12.3. The van der Waals surface area contributed by atoms with Crippen molar-refractivity contribution >= 4 is 12.1 Å². The third-order valence-corrected chi connectivity index (χ3v) is 3.64. The highest BCUT2D eigenvalue weighted by atomic mass is 16.7. The minimum absolute atomic E-state index is 0.292. The van der Waals surface area contributed by atoms with Gasteiger partial charge in [-0.3, -0.25) is 0 Å². The van der Waals surface area contributed by atoms with E-state index in [1.54, 1.807) is 27.7 Å². The van der Waals surface area contributed by atoms with Crippen LogP contribution in [0.25, 0.3) is 0 Å². The van der Waals surface area contributed by atoms with E-state index in [1.807, 2.05) is 35.8 Å². The van der Waals surface area contributed by atoms with E-state index in [4.69, 9.17) is 19.0 Å². The summed E-state index contributed by atoms with van der Waals surface area (Å²) in [4.78, 5) is 28.7. The van der Waals surface area contributed by atoms with Gasteiger partial charge in [-0.25, -0.2) is 9.59 Å². The minimum atomic E-state index is -0.825. The van der Waals surface area contributed by atoms with Crippen molar-refractivity contribution in [2.45, 2.75) is 52.1 Å². The molecule has 0 saturated carbocycles. The van der Waals surface area contributed by atoms with Crippen LogP contribution < -0.4 is 5.48 Å². The van der Waals surface area contributed by atoms with Gasteiger partial charge in [0.15, 0.2) is 0 Å². The minimum Gasteiger partial charge on any atom is -0.442 e. The van der Waals surface area contributed by atoms with Crippen molar-refractivity contribution in [1.29, 1.82) is 0 Å². The van der Waals surface area contributed by atoms with Gasteiger partial charge in [0.2, 0.25) is 0 Å². The van der Waals surface area contributed by atoms with Crippen molar-refractivity contribution in [3.63, 3.8) is 0 Å². The van der Waals surface area contributed by atoms with E-state index in [9.17, 15) is 9.59 Å². The van der Waals surface area contributed by atoms with Crippen molar-refractivity contribution in [3.8, 4) is 0 Å². The van der Waals surface area contributed by atoms with Crippen LogP contribution in [0.3, 0.4) is 0 Å². The monoisotopic (exact) mass is 351 g/mol. The van der Waals surface area contributed by atoms with Crippen molar-refractivity contribution in [2.24, 2.45) is 5.92 Å². The molecule has 7 heteroatoms. The first-order valence-electron chi connectivity index (χ1n) is 8.23. The van der Waals surface area contributed by atoms with Crippen molar-refractivity contribution in [2.75, 3.05) is 6.61 Å². The van der Waals surface area contributed by atoms with Crippen LogP contribution in [0.1, 0.15) is 33.3 Å². The standard InChI is InChI=1S/C18H25NO6/c1-12-15(16(20)25-19-17(21)24-18(2,3)4)14(11-22-12)23-10-13-8-6-5-7-9-13/h5-9,12,14-15H,10-11H2,1-4H3,(H,19,21). The largest absolute Gasteiger partial charge is 0.442 e. The summed E-state index contributed by atoms with van der Waals surface area (Å²) in [5, 5.41) is 0. The Balaban J connectivity index is 1.86. The number of carbonyl (C=O) groups excluding carboxylic acids is 2. The molecule has 1 aromatic rings. The van der Waals surface area contributed by atoms with Gasteiger partial charge in [-0.2, -0.15) is 0 Å². The SMILES string of the molecule is CC1OCC(OCc2ccccc2)C1C(=O)ONC(=O)OC(C)(C)C. The van der Waals surface area contributed by atoms with E-state index in [0.717, 1.165) is 5.56 Å². The number of hydrogen-bond donors (Lipinski definition) is 1. The number of amides is 1. The predicted octanol–water partition coefficient (Wildman–Crippen LogP) is 2.59. The predicted molar refractivity (Wildman–Crippen MR) is 89.4 cm³/mol. The Labute approximate surface area is 147 Å². The summed E-state index contributed by atoms with van der Waals surface area (Å²) < 4.78 is 16.3. The summed E-state index contributed by atoms with van der Waals surface area (Å²) in [6, 6.07) is 9.64. The first-order valence-corrected chi connectivity index (χ1v) is 8.23. The van der Waals surface area contributed by atoms with Crippen LogP contribution in [0.15, 0.2) is 30.3 Å². The molecule has 3 atom stereocenters. The maximum Gasteiger partial charge on any atom is 0.441 e. The van der Waals surface area contributed by atoms with Crippen molar-refractivity contribution in [3.05, 3.63) is 35.9 Å². The molecule has 0 aliphatic carbocycles. The molecule has 1 aliphatic rings. The average molecular weight is 351 g/mol. The zero-order chi connectivity index (χ0) is 18.4. The molecule has 7 nitrogen and oxygen atoms in total. The van der Waals surface area contributed by atoms with Crippen molar-refractivity contribution < 1.29 is 28.6 Å². The van der Waals surface area contributed by atoms with Gasteiger partial charge < -0.3 is 19.0 Å². The fourth-order valence-corrected chi connectivity index (χ4v) is 2.49. The molecule has 1 amide bonds. The molecule has 2 rings (SSSR count). The molecule has 1 heterocycles. The second-order valence-electron chi connectivity index (χ2n) is 6.92. The molecule has 25 heavy (non-hydrogen) atoms. The molecule has 0 radical (unpaired) electrons. The maximum absolute atomic E-state index is 12.3. The van der Waals surface area contributed by atoms with Gasteiger partial charge in [0.25, 0.3) is 0 Å². The Kier molecular flexibility index (Phi) is 6.39. The van der Waals surface area contributed by atoms with Crippen molar-refractivity contribution in [1.82, 2.24) is 5.48 Å². The molecule has 1 aliphatic heterocycles. The smallest absolute Gasteiger partial charge is 0.441 e. The van der Waals surface area contributed by atoms with Crippen LogP contribution in [-0.4, -0.2) is 36.5 Å². The third-order valence-electron chi connectivity index (χ3n) is 3.64. The number of carbonyl (C=O) groups is 2. The first kappa shape index (κ1) is 19.2. The molecule has 0 spiro atoms. The molecule has 1 aromatic carbocycles. The summed E-state index contributed by atoms with van der Waals surface area (Å²) in [5.41, 5.74) is 2.33. The second kappa shape index (κ2) is 8.31. The van der Waals surface area contributed by atoms with Crippen LogP contribution in [0, 0.1) is 5.92 Å². The van der Waals surface area contributed by atoms with Crippen LogP contribution >= 0.6 is 0 Å². The molecule has 3 unspecified atom stereocenters. The molecule has 0 bridgehead atoms. The molecular weight excluding hydrogens is 326 g/mol. The van der Waals surface area contributed by atoms with Gasteiger partial charge in [0.1, 0.15) is 11.5 Å². The quantitative estimate of drug-likeness (QED) is 0.840. The lowest BCUT2D eigenvalue weighted by atomic mass is 10.0. The fourth-order valence-electron chi connectivity index (χ4n) is 2.49. The van der Waals surface area contributed by atoms with Gasteiger partial charge >= 0.3 is 12.1 Å². The van der Waals surface area contributed by atoms with Gasteiger partial charge in [-0.1, -0.05) is 30.3 Å². The number of hydroxylamine groups is 1. The average Bonchev–Trinajstić information content (AvgIpc) is 2.91. The van der Waals surface area contributed by atoms with Gasteiger partial charge in [-0.15, -0.1) is 5.48 Å². The molecule has 1 saturated heterocycles. The van der Waals surface area contributed by atoms with Crippen LogP contribution in [-0.2, 0) is 30.4 Å². The van der Waals surface area contributed by atoms with Gasteiger partial charge in [0, 0.05) is 0 Å². The summed E-state index contributed by atoms with van der Waals surface area (Å²) in [6.45, 7) is 7.58. The number of ether oxygens (including phenoxy) is 3. The topological polar surface area (TPSA) is 83.1 Å². The molecule has 138 valence electrons. The summed E-state index contributed by atoms with van der Waals surface area (Å²) >= 11 is 0. The number of hydrogen-bond acceptors (Lipinski definition) is 6. The Morgan fingerprint density at radius 2 is 1.92 bits per heavy atom. The molecule has 0 aromatic heterocycles. The number of nitrogens with one attached hydrogen (secondary N) is 1. The Morgan fingerprint density at radius 1 is 1.24 bits per heavy atom. The van der Waals surface area contributed by atoms with E-state index in [1.165, 1.54) is 0 Å². The lowest BCUT2D eigenvalue weighted by Gasteiger charge is -2.21. The van der Waals surface area contributed by atoms with E-state index in [-0.39, 0.29) is 6.10 Å². The Hall–Kier alpha value is -2.12. The number of rotatable bonds is 4. The number of benzene rings is 1. The van der Waals surface area contributed by atoms with Gasteiger partial charge in [-0.05, 0) is 33.3 Å². The Morgan fingerprint density at radius 3 is 2.56 bits per heavy atom. The highest BCUT2D eigenvalue weighted by molar-refractivity contribution is 5.76. The van der Waals surface area contributed by atoms with E-state index < -0.39 is 29.7 Å². The lowest BCUT2D eigenvalue weighted by Crippen LogP contribution is -2.40. The summed E-state index contributed by atoms with van der Waals surface area (Å²) in [5.74, 6) is -1.24.